The monoisotopic (exact) mass is 455 g/mol. The number of aromatic nitrogens is 6. The second kappa shape index (κ2) is 10.1. The first-order valence-electron chi connectivity index (χ1n) is 10.4. The number of rotatable bonds is 8. The lowest BCUT2D eigenvalue weighted by Crippen LogP contribution is -2.22. The molecular formula is C21H25N7OS2. The Morgan fingerprint density at radius 1 is 1.32 bits per heavy atom. The second-order valence-corrected chi connectivity index (χ2v) is 9.79. The summed E-state index contributed by atoms with van der Waals surface area (Å²) in [4.78, 5) is 16.9. The average molecular weight is 456 g/mol. The van der Waals surface area contributed by atoms with Crippen LogP contribution in [0.5, 0.6) is 0 Å². The van der Waals surface area contributed by atoms with Crippen LogP contribution in [0, 0.1) is 0 Å². The second-order valence-electron chi connectivity index (χ2n) is 7.48. The Morgan fingerprint density at radius 2 is 2.16 bits per heavy atom. The normalized spacial score (nSPS) is 15.5. The van der Waals surface area contributed by atoms with Gasteiger partial charge in [0.1, 0.15) is 5.01 Å². The van der Waals surface area contributed by atoms with Gasteiger partial charge in [-0.3, -0.25) is 19.7 Å². The molecule has 3 aromatic heterocycles. The van der Waals surface area contributed by atoms with E-state index in [2.05, 4.69) is 37.3 Å². The van der Waals surface area contributed by atoms with E-state index in [9.17, 15) is 4.79 Å². The van der Waals surface area contributed by atoms with Gasteiger partial charge in [0.05, 0.1) is 5.25 Å². The molecule has 4 rings (SSSR count). The molecule has 162 valence electrons. The largest absolute Gasteiger partial charge is 0.300 e. The zero-order valence-electron chi connectivity index (χ0n) is 17.4. The number of pyridine rings is 1. The molecule has 1 atom stereocenters. The van der Waals surface area contributed by atoms with Crippen LogP contribution in [-0.2, 0) is 11.3 Å². The maximum absolute atomic E-state index is 12.8. The maximum Gasteiger partial charge on any atom is 0.239 e. The van der Waals surface area contributed by atoms with Crippen LogP contribution in [0.2, 0.25) is 0 Å². The molecule has 0 aliphatic heterocycles. The fraction of sp³-hybridized carbons (Fsp3) is 0.429. The Morgan fingerprint density at radius 3 is 2.90 bits per heavy atom. The van der Waals surface area contributed by atoms with Crippen molar-refractivity contribution in [3.63, 3.8) is 0 Å². The average Bonchev–Trinajstić information content (AvgIpc) is 3.43. The van der Waals surface area contributed by atoms with E-state index >= 15 is 0 Å². The minimum absolute atomic E-state index is 0.132. The number of carbonyl (C=O) groups excluding carboxylic acids is 1. The summed E-state index contributed by atoms with van der Waals surface area (Å²) in [5, 5.41) is 21.9. The fourth-order valence-electron chi connectivity index (χ4n) is 3.60. The lowest BCUT2D eigenvalue weighted by atomic mass is 9.90. The van der Waals surface area contributed by atoms with E-state index in [0.29, 0.717) is 28.6 Å². The highest BCUT2D eigenvalue weighted by molar-refractivity contribution is 8.00. The first kappa shape index (κ1) is 21.6. The Kier molecular flexibility index (Phi) is 7.08. The van der Waals surface area contributed by atoms with Gasteiger partial charge >= 0.3 is 0 Å². The lowest BCUT2D eigenvalue weighted by Gasteiger charge is -2.18. The molecule has 3 aromatic rings. The number of hydrogen-bond acceptors (Lipinski definition) is 8. The third-order valence-corrected chi connectivity index (χ3v) is 7.31. The molecule has 10 heteroatoms. The number of nitrogens with zero attached hydrogens (tertiary/aromatic N) is 6. The summed E-state index contributed by atoms with van der Waals surface area (Å²) in [6.07, 6.45) is 11.3. The highest BCUT2D eigenvalue weighted by atomic mass is 32.2. The number of nitrogens with one attached hydrogen (secondary N) is 1. The minimum atomic E-state index is -0.378. The predicted molar refractivity (Wildman–Crippen MR) is 123 cm³/mol. The molecule has 1 saturated carbocycles. The molecular weight excluding hydrogens is 430 g/mol. The van der Waals surface area contributed by atoms with E-state index in [4.69, 9.17) is 0 Å². The van der Waals surface area contributed by atoms with Gasteiger partial charge < -0.3 is 0 Å². The Hall–Kier alpha value is -2.59. The highest BCUT2D eigenvalue weighted by Gasteiger charge is 2.23. The quantitative estimate of drug-likeness (QED) is 0.393. The van der Waals surface area contributed by atoms with Gasteiger partial charge in [-0.25, -0.2) is 0 Å². The van der Waals surface area contributed by atoms with Crippen molar-refractivity contribution in [2.45, 2.75) is 61.9 Å². The summed E-state index contributed by atoms with van der Waals surface area (Å²) in [5.74, 6) is 1.05. The number of thioether (sulfide) groups is 1. The number of anilines is 1. The van der Waals surface area contributed by atoms with Crippen molar-refractivity contribution in [1.29, 1.82) is 0 Å². The molecule has 0 saturated heterocycles. The summed E-state index contributed by atoms with van der Waals surface area (Å²) in [6.45, 7) is 6.21. The van der Waals surface area contributed by atoms with Crippen LogP contribution in [0.3, 0.4) is 0 Å². The molecule has 1 aliphatic carbocycles. The molecule has 1 fully saturated rings. The first-order valence-corrected chi connectivity index (χ1v) is 12.1. The van der Waals surface area contributed by atoms with Crippen LogP contribution < -0.4 is 5.32 Å². The van der Waals surface area contributed by atoms with E-state index in [1.54, 1.807) is 18.5 Å². The van der Waals surface area contributed by atoms with Gasteiger partial charge in [-0.1, -0.05) is 48.4 Å². The van der Waals surface area contributed by atoms with Crippen molar-refractivity contribution in [3.05, 3.63) is 42.2 Å². The Bertz CT molecular complexity index is 1030. The van der Waals surface area contributed by atoms with Gasteiger partial charge in [-0.05, 0) is 31.9 Å². The van der Waals surface area contributed by atoms with Crippen LogP contribution in [0.4, 0.5) is 5.13 Å². The summed E-state index contributed by atoms with van der Waals surface area (Å²) in [7, 11) is 0. The summed E-state index contributed by atoms with van der Waals surface area (Å²) in [5.41, 5.74) is 0.866. The van der Waals surface area contributed by atoms with E-state index in [0.717, 1.165) is 23.4 Å². The molecule has 31 heavy (non-hydrogen) atoms. The molecule has 1 aliphatic rings. The number of carbonyl (C=O) groups is 1. The number of amides is 1. The van der Waals surface area contributed by atoms with E-state index in [-0.39, 0.29) is 11.2 Å². The Labute approximate surface area is 189 Å². The van der Waals surface area contributed by atoms with Crippen LogP contribution in [0.25, 0.3) is 11.4 Å². The molecule has 0 spiro atoms. The van der Waals surface area contributed by atoms with E-state index in [1.807, 2.05) is 23.6 Å². The van der Waals surface area contributed by atoms with Crippen molar-refractivity contribution in [2.75, 3.05) is 5.32 Å². The van der Waals surface area contributed by atoms with Crippen molar-refractivity contribution in [3.8, 4) is 11.4 Å². The van der Waals surface area contributed by atoms with Crippen LogP contribution in [-0.4, -0.2) is 41.1 Å². The zero-order chi connectivity index (χ0) is 21.6. The summed E-state index contributed by atoms with van der Waals surface area (Å²) in [6, 6.07) is 3.79. The fourth-order valence-corrected chi connectivity index (χ4v) is 5.37. The van der Waals surface area contributed by atoms with Gasteiger partial charge in [0, 0.05) is 30.4 Å². The molecule has 3 heterocycles. The molecule has 0 aromatic carbocycles. The van der Waals surface area contributed by atoms with Gasteiger partial charge in [0.15, 0.2) is 11.0 Å². The molecule has 8 nitrogen and oxygen atoms in total. The predicted octanol–water partition coefficient (Wildman–Crippen LogP) is 4.54. The lowest BCUT2D eigenvalue weighted by molar-refractivity contribution is -0.115. The maximum atomic E-state index is 12.8. The van der Waals surface area contributed by atoms with Gasteiger partial charge in [-0.2, -0.15) is 0 Å². The van der Waals surface area contributed by atoms with Crippen molar-refractivity contribution >= 4 is 34.1 Å². The first-order chi connectivity index (χ1) is 15.2. The molecule has 0 bridgehead atoms. The van der Waals surface area contributed by atoms with Gasteiger partial charge in [-0.15, -0.1) is 27.0 Å². The topological polar surface area (TPSA) is 98.5 Å². The van der Waals surface area contributed by atoms with Gasteiger partial charge in [0.2, 0.25) is 11.0 Å². The third kappa shape index (κ3) is 5.19. The van der Waals surface area contributed by atoms with Crippen molar-refractivity contribution in [2.24, 2.45) is 0 Å². The molecule has 1 amide bonds. The SMILES string of the molecule is C=CCn1c(S[C@H](C)C(=O)Nc2nnc(C3CCCCC3)s2)nnc1-c1cccnc1. The van der Waals surface area contributed by atoms with Crippen molar-refractivity contribution in [1.82, 2.24) is 29.9 Å². The van der Waals surface area contributed by atoms with Gasteiger partial charge in [0.25, 0.3) is 0 Å². The van der Waals surface area contributed by atoms with E-state index in [1.165, 1.54) is 42.4 Å². The molecule has 0 unspecified atom stereocenters. The number of allylic oxidation sites excluding steroid dienone is 1. The van der Waals surface area contributed by atoms with Crippen LogP contribution >= 0.6 is 23.1 Å². The number of hydrogen-bond donors (Lipinski definition) is 1. The minimum Gasteiger partial charge on any atom is -0.300 e. The third-order valence-electron chi connectivity index (χ3n) is 5.22. The Balaban J connectivity index is 1.43. The standard InChI is InChI=1S/C21H25N7OS2/c1-3-12-28-17(16-10-7-11-22-13-16)24-27-21(28)30-14(2)18(29)23-20-26-25-19(31-20)15-8-5-4-6-9-15/h3,7,10-11,13-15H,1,4-6,8-9,12H2,2H3,(H,23,26,29)/t14-/m1/s1. The van der Waals surface area contributed by atoms with E-state index < -0.39 is 0 Å². The van der Waals surface area contributed by atoms with Crippen LogP contribution in [0.15, 0.2) is 42.3 Å². The summed E-state index contributed by atoms with van der Waals surface area (Å²) < 4.78 is 1.94. The zero-order valence-corrected chi connectivity index (χ0v) is 19.0. The van der Waals surface area contributed by atoms with Crippen LogP contribution in [0.1, 0.15) is 50.0 Å². The molecule has 0 radical (unpaired) electrons. The smallest absolute Gasteiger partial charge is 0.239 e. The summed E-state index contributed by atoms with van der Waals surface area (Å²) >= 11 is 2.84. The molecule has 1 N–H and O–H groups in total. The van der Waals surface area contributed by atoms with Crippen molar-refractivity contribution < 1.29 is 4.79 Å². The highest BCUT2D eigenvalue weighted by Crippen LogP contribution is 2.35.